The number of aromatic nitrogens is 1. The molecule has 2 rings (SSSR count). The summed E-state index contributed by atoms with van der Waals surface area (Å²) in [5.74, 6) is 0. The Kier molecular flexibility index (Phi) is 2.99. The number of hydrogen-bond donors (Lipinski definition) is 1. The standard InChI is InChI=1S/C11H16N2S/c1-8(11-7-14-9(2)13-11)12-10-5-3-4-6-10/h3-4,7-8,10,12H,5-6H2,1-2H3. The van der Waals surface area contributed by atoms with Gasteiger partial charge in [-0.05, 0) is 26.7 Å². The van der Waals surface area contributed by atoms with E-state index < -0.39 is 0 Å². The number of hydrogen-bond acceptors (Lipinski definition) is 3. The molecule has 3 heteroatoms. The average Bonchev–Trinajstić information content (AvgIpc) is 2.75. The zero-order chi connectivity index (χ0) is 9.97. The molecule has 0 aliphatic heterocycles. The Morgan fingerprint density at radius 1 is 1.50 bits per heavy atom. The zero-order valence-corrected chi connectivity index (χ0v) is 9.47. The minimum Gasteiger partial charge on any atom is -0.305 e. The first-order valence-corrected chi connectivity index (χ1v) is 5.97. The van der Waals surface area contributed by atoms with Crippen molar-refractivity contribution in [3.05, 3.63) is 28.2 Å². The van der Waals surface area contributed by atoms with Crippen molar-refractivity contribution in [1.82, 2.24) is 10.3 Å². The topological polar surface area (TPSA) is 24.9 Å². The van der Waals surface area contributed by atoms with Crippen LogP contribution in [0.4, 0.5) is 0 Å². The highest BCUT2D eigenvalue weighted by Gasteiger charge is 2.15. The van der Waals surface area contributed by atoms with Crippen LogP contribution in [0.3, 0.4) is 0 Å². The van der Waals surface area contributed by atoms with Crippen molar-refractivity contribution in [3.8, 4) is 0 Å². The van der Waals surface area contributed by atoms with Gasteiger partial charge in [0.1, 0.15) is 0 Å². The second-order valence-corrected chi connectivity index (χ2v) is 4.88. The molecule has 76 valence electrons. The van der Waals surface area contributed by atoms with Gasteiger partial charge in [-0.25, -0.2) is 4.98 Å². The van der Waals surface area contributed by atoms with Crippen LogP contribution in [0.1, 0.15) is 36.5 Å². The first-order valence-electron chi connectivity index (χ1n) is 5.09. The van der Waals surface area contributed by atoms with Gasteiger partial charge in [-0.3, -0.25) is 0 Å². The number of rotatable bonds is 3. The van der Waals surface area contributed by atoms with Crippen LogP contribution >= 0.6 is 11.3 Å². The molecule has 0 radical (unpaired) electrons. The average molecular weight is 208 g/mol. The lowest BCUT2D eigenvalue weighted by Gasteiger charge is -2.17. The molecule has 0 bridgehead atoms. The molecule has 0 saturated carbocycles. The third-order valence-electron chi connectivity index (χ3n) is 2.57. The fourth-order valence-electron chi connectivity index (χ4n) is 1.77. The fourth-order valence-corrected chi connectivity index (χ4v) is 2.48. The summed E-state index contributed by atoms with van der Waals surface area (Å²) >= 11 is 1.72. The highest BCUT2D eigenvalue weighted by molar-refractivity contribution is 7.09. The van der Waals surface area contributed by atoms with E-state index in [1.807, 2.05) is 0 Å². The Bertz CT molecular complexity index is 322. The highest BCUT2D eigenvalue weighted by Crippen LogP contribution is 2.19. The number of thiazole rings is 1. The van der Waals surface area contributed by atoms with Crippen molar-refractivity contribution < 1.29 is 0 Å². The summed E-state index contributed by atoms with van der Waals surface area (Å²) in [6.45, 7) is 4.24. The van der Waals surface area contributed by atoms with E-state index in [4.69, 9.17) is 0 Å². The molecule has 1 heterocycles. The van der Waals surface area contributed by atoms with Crippen molar-refractivity contribution in [1.29, 1.82) is 0 Å². The van der Waals surface area contributed by atoms with Crippen LogP contribution in [0.25, 0.3) is 0 Å². The SMILES string of the molecule is Cc1nc(C(C)NC2CC=CC2)cs1. The van der Waals surface area contributed by atoms with Crippen LogP contribution in [-0.4, -0.2) is 11.0 Å². The van der Waals surface area contributed by atoms with Gasteiger partial charge in [0, 0.05) is 17.5 Å². The lowest BCUT2D eigenvalue weighted by Crippen LogP contribution is -2.29. The summed E-state index contributed by atoms with van der Waals surface area (Å²) in [4.78, 5) is 4.49. The largest absolute Gasteiger partial charge is 0.305 e. The summed E-state index contributed by atoms with van der Waals surface area (Å²) in [5.41, 5.74) is 1.18. The maximum absolute atomic E-state index is 4.49. The normalized spacial score (nSPS) is 19.0. The third-order valence-corrected chi connectivity index (χ3v) is 3.37. The molecule has 0 amide bonds. The predicted octanol–water partition coefficient (Wildman–Crippen LogP) is 2.82. The van der Waals surface area contributed by atoms with E-state index in [9.17, 15) is 0 Å². The Morgan fingerprint density at radius 3 is 2.79 bits per heavy atom. The van der Waals surface area contributed by atoms with Crippen molar-refractivity contribution in [2.45, 2.75) is 38.8 Å². The molecule has 1 N–H and O–H groups in total. The molecule has 1 unspecified atom stereocenters. The second-order valence-electron chi connectivity index (χ2n) is 3.82. The van der Waals surface area contributed by atoms with Crippen LogP contribution in [0.5, 0.6) is 0 Å². The zero-order valence-electron chi connectivity index (χ0n) is 8.66. The van der Waals surface area contributed by atoms with Gasteiger partial charge in [0.15, 0.2) is 0 Å². The van der Waals surface area contributed by atoms with Gasteiger partial charge in [0.05, 0.1) is 10.7 Å². The Hall–Kier alpha value is -0.670. The van der Waals surface area contributed by atoms with Crippen molar-refractivity contribution in [2.24, 2.45) is 0 Å². The maximum Gasteiger partial charge on any atom is 0.0898 e. The molecule has 1 aliphatic carbocycles. The molecule has 0 spiro atoms. The predicted molar refractivity (Wildman–Crippen MR) is 60.6 cm³/mol. The van der Waals surface area contributed by atoms with Gasteiger partial charge in [0.25, 0.3) is 0 Å². The number of aryl methyl sites for hydroxylation is 1. The quantitative estimate of drug-likeness (QED) is 0.773. The molecule has 1 atom stereocenters. The van der Waals surface area contributed by atoms with Crippen LogP contribution in [-0.2, 0) is 0 Å². The Balaban J connectivity index is 1.92. The van der Waals surface area contributed by atoms with Gasteiger partial charge < -0.3 is 5.32 Å². The van der Waals surface area contributed by atoms with Crippen LogP contribution in [0.2, 0.25) is 0 Å². The van der Waals surface area contributed by atoms with Crippen molar-refractivity contribution in [3.63, 3.8) is 0 Å². The molecule has 0 fully saturated rings. The summed E-state index contributed by atoms with van der Waals surface area (Å²) in [6, 6.07) is 0.997. The molecule has 0 aromatic carbocycles. The molecule has 1 aromatic heterocycles. The Morgan fingerprint density at radius 2 is 2.21 bits per heavy atom. The molecule has 1 aliphatic rings. The lowest BCUT2D eigenvalue weighted by molar-refractivity contribution is 0.465. The van der Waals surface area contributed by atoms with E-state index in [1.54, 1.807) is 11.3 Å². The lowest BCUT2D eigenvalue weighted by atomic mass is 10.2. The van der Waals surface area contributed by atoms with Crippen LogP contribution in [0.15, 0.2) is 17.5 Å². The van der Waals surface area contributed by atoms with Gasteiger partial charge >= 0.3 is 0 Å². The molecule has 2 nitrogen and oxygen atoms in total. The fraction of sp³-hybridized carbons (Fsp3) is 0.545. The molecular weight excluding hydrogens is 192 g/mol. The van der Waals surface area contributed by atoms with Crippen molar-refractivity contribution in [2.75, 3.05) is 0 Å². The molecule has 0 saturated heterocycles. The van der Waals surface area contributed by atoms with E-state index in [1.165, 1.54) is 5.69 Å². The minimum absolute atomic E-state index is 0.379. The number of nitrogens with one attached hydrogen (secondary N) is 1. The molecule has 1 aromatic rings. The summed E-state index contributed by atoms with van der Waals surface area (Å²) < 4.78 is 0. The first kappa shape index (κ1) is 9.87. The molecular formula is C11H16N2S. The van der Waals surface area contributed by atoms with Gasteiger partial charge in [-0.15, -0.1) is 11.3 Å². The van der Waals surface area contributed by atoms with Crippen molar-refractivity contribution >= 4 is 11.3 Å². The monoisotopic (exact) mass is 208 g/mol. The maximum atomic E-state index is 4.49. The van der Waals surface area contributed by atoms with Gasteiger partial charge in [0.2, 0.25) is 0 Å². The van der Waals surface area contributed by atoms with Crippen LogP contribution < -0.4 is 5.32 Å². The second kappa shape index (κ2) is 4.24. The summed E-state index contributed by atoms with van der Waals surface area (Å²) in [7, 11) is 0. The number of nitrogens with zero attached hydrogens (tertiary/aromatic N) is 1. The van der Waals surface area contributed by atoms with E-state index in [0.717, 1.165) is 17.8 Å². The Labute approximate surface area is 89.1 Å². The van der Waals surface area contributed by atoms with E-state index in [-0.39, 0.29) is 0 Å². The molecule has 14 heavy (non-hydrogen) atoms. The van der Waals surface area contributed by atoms with E-state index in [2.05, 4.69) is 41.7 Å². The van der Waals surface area contributed by atoms with E-state index in [0.29, 0.717) is 12.1 Å². The third kappa shape index (κ3) is 2.22. The summed E-state index contributed by atoms with van der Waals surface area (Å²) in [6.07, 6.45) is 6.81. The summed E-state index contributed by atoms with van der Waals surface area (Å²) in [5, 5.41) is 6.89. The smallest absolute Gasteiger partial charge is 0.0898 e. The first-order chi connectivity index (χ1) is 6.75. The van der Waals surface area contributed by atoms with Gasteiger partial charge in [-0.2, -0.15) is 0 Å². The van der Waals surface area contributed by atoms with E-state index >= 15 is 0 Å². The minimum atomic E-state index is 0.379. The van der Waals surface area contributed by atoms with Gasteiger partial charge in [-0.1, -0.05) is 12.2 Å². The highest BCUT2D eigenvalue weighted by atomic mass is 32.1. The van der Waals surface area contributed by atoms with Crippen LogP contribution in [0, 0.1) is 6.92 Å².